The average molecular weight is 411 g/mol. The molecule has 0 bridgehead atoms. The molecule has 1 N–H and O–H groups in total. The molecule has 2 aromatic carbocycles. The van der Waals surface area contributed by atoms with Gasteiger partial charge in [0.2, 0.25) is 0 Å². The number of aryl methyl sites for hydroxylation is 1. The highest BCUT2D eigenvalue weighted by atomic mass is 19.2. The van der Waals surface area contributed by atoms with E-state index in [-0.39, 0.29) is 6.42 Å². The fourth-order valence-corrected chi connectivity index (χ4v) is 2.42. The molecular weight excluding hydrogens is 391 g/mol. The van der Waals surface area contributed by atoms with Crippen LogP contribution >= 0.6 is 0 Å². The minimum absolute atomic E-state index is 0.0342. The Labute approximate surface area is 165 Å². The van der Waals surface area contributed by atoms with Crippen molar-refractivity contribution in [2.24, 2.45) is 0 Å². The summed E-state index contributed by atoms with van der Waals surface area (Å²) in [4.78, 5) is 24.0. The Hall–Kier alpha value is -3.23. The molecule has 1 amide bonds. The van der Waals surface area contributed by atoms with E-state index in [4.69, 9.17) is 14.2 Å². The first-order valence-corrected chi connectivity index (χ1v) is 8.61. The predicted octanol–water partition coefficient (Wildman–Crippen LogP) is 3.62. The van der Waals surface area contributed by atoms with E-state index >= 15 is 0 Å². The van der Waals surface area contributed by atoms with Crippen molar-refractivity contribution in [2.45, 2.75) is 25.9 Å². The molecule has 1 atom stereocenters. The van der Waals surface area contributed by atoms with Crippen molar-refractivity contribution >= 4 is 17.6 Å². The molecule has 0 aliphatic heterocycles. The lowest BCUT2D eigenvalue weighted by atomic mass is 10.1. The molecule has 29 heavy (non-hydrogen) atoms. The molecule has 2 rings (SSSR count). The third-order valence-corrected chi connectivity index (χ3v) is 4.00. The maximum absolute atomic E-state index is 13.6. The fraction of sp³-hybridized carbons (Fsp3) is 0.300. The number of hydrogen-bond acceptors (Lipinski definition) is 5. The van der Waals surface area contributed by atoms with E-state index in [1.54, 1.807) is 18.2 Å². The molecule has 0 fully saturated rings. The zero-order valence-electron chi connectivity index (χ0n) is 16.1. The van der Waals surface area contributed by atoms with Gasteiger partial charge in [-0.25, -0.2) is 13.2 Å². The number of methoxy groups -OCH3 is 2. The maximum Gasteiger partial charge on any atom is 0.306 e. The van der Waals surface area contributed by atoms with Crippen molar-refractivity contribution in [1.29, 1.82) is 0 Å². The SMILES string of the molecule is COc1cc(CCC(=O)O[C@H](C)C(=O)Nc2ccc(F)c(F)c2F)cc(OC)c1. The molecule has 0 aromatic heterocycles. The smallest absolute Gasteiger partial charge is 0.306 e. The lowest BCUT2D eigenvalue weighted by Gasteiger charge is -2.14. The quantitative estimate of drug-likeness (QED) is 0.531. The molecule has 0 aliphatic rings. The normalized spacial score (nSPS) is 11.5. The second-order valence-electron chi connectivity index (χ2n) is 6.07. The van der Waals surface area contributed by atoms with Gasteiger partial charge in [0.05, 0.1) is 19.9 Å². The average Bonchev–Trinajstić information content (AvgIpc) is 2.72. The van der Waals surface area contributed by atoms with Gasteiger partial charge >= 0.3 is 5.97 Å². The van der Waals surface area contributed by atoms with E-state index < -0.39 is 41.1 Å². The van der Waals surface area contributed by atoms with Crippen molar-refractivity contribution in [1.82, 2.24) is 0 Å². The van der Waals surface area contributed by atoms with Gasteiger partial charge in [-0.15, -0.1) is 0 Å². The summed E-state index contributed by atoms with van der Waals surface area (Å²) < 4.78 is 55.1. The highest BCUT2D eigenvalue weighted by Crippen LogP contribution is 2.23. The van der Waals surface area contributed by atoms with Gasteiger partial charge in [-0.2, -0.15) is 0 Å². The third kappa shape index (κ3) is 5.87. The fourth-order valence-electron chi connectivity index (χ4n) is 2.42. The Morgan fingerprint density at radius 1 is 1.00 bits per heavy atom. The number of benzene rings is 2. The Morgan fingerprint density at radius 3 is 2.21 bits per heavy atom. The molecule has 6 nitrogen and oxygen atoms in total. The van der Waals surface area contributed by atoms with Crippen molar-refractivity contribution in [2.75, 3.05) is 19.5 Å². The number of rotatable bonds is 8. The van der Waals surface area contributed by atoms with Crippen LogP contribution in [0.25, 0.3) is 0 Å². The third-order valence-electron chi connectivity index (χ3n) is 4.00. The lowest BCUT2D eigenvalue weighted by molar-refractivity contribution is -0.153. The second-order valence-corrected chi connectivity index (χ2v) is 6.07. The van der Waals surface area contributed by atoms with Crippen LogP contribution < -0.4 is 14.8 Å². The number of halogens is 3. The Balaban J connectivity index is 1.92. The first-order chi connectivity index (χ1) is 13.7. The standard InChI is InChI=1S/C20H20F3NO5/c1-11(20(26)24-16-6-5-15(21)18(22)19(16)23)29-17(25)7-4-12-8-13(27-2)10-14(9-12)28-3/h5-6,8-11H,4,7H2,1-3H3,(H,24,26)/t11-/m1/s1. The molecule has 0 radical (unpaired) electrons. The molecule has 0 saturated carbocycles. The summed E-state index contributed by atoms with van der Waals surface area (Å²) >= 11 is 0. The summed E-state index contributed by atoms with van der Waals surface area (Å²) in [6.45, 7) is 1.28. The monoisotopic (exact) mass is 411 g/mol. The molecule has 0 heterocycles. The molecule has 0 saturated heterocycles. The Kier molecular flexibility index (Phi) is 7.46. The minimum Gasteiger partial charge on any atom is -0.497 e. The van der Waals surface area contributed by atoms with Gasteiger partial charge in [0.1, 0.15) is 11.5 Å². The van der Waals surface area contributed by atoms with E-state index in [0.29, 0.717) is 24.0 Å². The number of nitrogens with one attached hydrogen (secondary N) is 1. The summed E-state index contributed by atoms with van der Waals surface area (Å²) in [6, 6.07) is 6.70. The molecule has 0 spiro atoms. The van der Waals surface area contributed by atoms with Crippen molar-refractivity contribution in [3.63, 3.8) is 0 Å². The van der Waals surface area contributed by atoms with Crippen LogP contribution in [0, 0.1) is 17.5 Å². The van der Waals surface area contributed by atoms with Gasteiger partial charge in [0.25, 0.3) is 5.91 Å². The van der Waals surface area contributed by atoms with Crippen LogP contribution in [0.4, 0.5) is 18.9 Å². The van der Waals surface area contributed by atoms with Gasteiger partial charge in [0, 0.05) is 12.5 Å². The molecular formula is C20H20F3NO5. The predicted molar refractivity (Wildman–Crippen MR) is 98.4 cm³/mol. The van der Waals surface area contributed by atoms with Crippen molar-refractivity contribution < 1.29 is 37.0 Å². The summed E-state index contributed by atoms with van der Waals surface area (Å²) in [5, 5.41) is 2.06. The van der Waals surface area contributed by atoms with Crippen LogP contribution in [0.5, 0.6) is 11.5 Å². The first kappa shape index (κ1) is 22.1. The van der Waals surface area contributed by atoms with Gasteiger partial charge in [-0.1, -0.05) is 0 Å². The van der Waals surface area contributed by atoms with Crippen LogP contribution in [0.15, 0.2) is 30.3 Å². The number of carbonyl (C=O) groups excluding carboxylic acids is 2. The Bertz CT molecular complexity index is 882. The van der Waals surface area contributed by atoms with Gasteiger partial charge in [-0.3, -0.25) is 9.59 Å². The topological polar surface area (TPSA) is 73.9 Å². The van der Waals surface area contributed by atoms with Crippen LogP contribution in [0.3, 0.4) is 0 Å². The number of anilines is 1. The number of ether oxygens (including phenoxy) is 3. The van der Waals surface area contributed by atoms with Crippen LogP contribution in [-0.2, 0) is 20.7 Å². The van der Waals surface area contributed by atoms with E-state index in [0.717, 1.165) is 11.6 Å². The molecule has 0 unspecified atom stereocenters. The zero-order chi connectivity index (χ0) is 21.6. The van der Waals surface area contributed by atoms with E-state index in [2.05, 4.69) is 5.32 Å². The minimum atomic E-state index is -1.71. The van der Waals surface area contributed by atoms with Gasteiger partial charge < -0.3 is 19.5 Å². The summed E-state index contributed by atoms with van der Waals surface area (Å²) in [6.07, 6.45) is -0.999. The van der Waals surface area contributed by atoms with E-state index in [1.807, 2.05) is 0 Å². The molecule has 2 aromatic rings. The maximum atomic E-state index is 13.6. The molecule has 0 aliphatic carbocycles. The van der Waals surface area contributed by atoms with E-state index in [9.17, 15) is 22.8 Å². The van der Waals surface area contributed by atoms with Crippen molar-refractivity contribution in [3.8, 4) is 11.5 Å². The summed E-state index contributed by atoms with van der Waals surface area (Å²) in [5.74, 6) is -5.05. The van der Waals surface area contributed by atoms with Crippen LogP contribution in [0.2, 0.25) is 0 Å². The second kappa shape index (κ2) is 9.81. The highest BCUT2D eigenvalue weighted by Gasteiger charge is 2.21. The number of esters is 1. The molecule has 9 heteroatoms. The number of hydrogen-bond donors (Lipinski definition) is 1. The number of carbonyl (C=O) groups is 2. The summed E-state index contributed by atoms with van der Waals surface area (Å²) in [7, 11) is 3.01. The van der Waals surface area contributed by atoms with Crippen LogP contribution in [-0.4, -0.2) is 32.2 Å². The summed E-state index contributed by atoms with van der Waals surface area (Å²) in [5.41, 5.74) is 0.208. The zero-order valence-corrected chi connectivity index (χ0v) is 16.1. The van der Waals surface area contributed by atoms with Gasteiger partial charge in [-0.05, 0) is 43.2 Å². The van der Waals surface area contributed by atoms with Crippen LogP contribution in [0.1, 0.15) is 18.9 Å². The number of amides is 1. The Morgan fingerprint density at radius 2 is 1.62 bits per heavy atom. The highest BCUT2D eigenvalue weighted by molar-refractivity contribution is 5.95. The first-order valence-electron chi connectivity index (χ1n) is 8.61. The molecule has 156 valence electrons. The lowest BCUT2D eigenvalue weighted by Crippen LogP contribution is -2.30. The largest absolute Gasteiger partial charge is 0.497 e. The van der Waals surface area contributed by atoms with E-state index in [1.165, 1.54) is 21.1 Å². The van der Waals surface area contributed by atoms with Crippen molar-refractivity contribution in [3.05, 3.63) is 53.3 Å². The van der Waals surface area contributed by atoms with Gasteiger partial charge in [0.15, 0.2) is 23.6 Å².